The molecule has 1 aliphatic rings. The second kappa shape index (κ2) is 2.51. The Morgan fingerprint density at radius 2 is 2.25 bits per heavy atom. The van der Waals surface area contributed by atoms with E-state index in [0.717, 1.165) is 39.2 Å². The molecule has 8 heavy (non-hydrogen) atoms. The molecule has 1 N–H and O–H groups in total. The molecule has 0 amide bonds. The monoisotopic (exact) mass is 240 g/mol. The van der Waals surface area contributed by atoms with Crippen LogP contribution in [-0.4, -0.2) is 6.79 Å². The summed E-state index contributed by atoms with van der Waals surface area (Å²) in [5.74, 6) is 0. The van der Waals surface area contributed by atoms with E-state index < -0.39 is 0 Å². The van der Waals surface area contributed by atoms with Gasteiger partial charge in [0, 0.05) is 0 Å². The molecule has 1 aliphatic carbocycles. The van der Waals surface area contributed by atoms with Gasteiger partial charge in [0.1, 0.15) is 0 Å². The van der Waals surface area contributed by atoms with E-state index >= 15 is 0 Å². The van der Waals surface area contributed by atoms with Crippen LogP contribution in [0.25, 0.3) is 0 Å². The summed E-state index contributed by atoms with van der Waals surface area (Å²) >= 11 is 0.766. The maximum atomic E-state index is 9.22. The molecule has 0 aromatic heterocycles. The van der Waals surface area contributed by atoms with Crippen molar-refractivity contribution in [3.05, 3.63) is 0 Å². The number of hydrogen-bond acceptors (Lipinski definition) is 1. The maximum absolute atomic E-state index is 9.22. The third kappa shape index (κ3) is 1.25. The van der Waals surface area contributed by atoms with Crippen LogP contribution in [0.2, 0.25) is 0 Å². The van der Waals surface area contributed by atoms with E-state index in [1.165, 1.54) is 19.3 Å². The number of hydrogen-bond donors (Lipinski definition) is 1. The van der Waals surface area contributed by atoms with Crippen molar-refractivity contribution in [3.8, 4) is 0 Å². The van der Waals surface area contributed by atoms with E-state index in [2.05, 4.69) is 6.92 Å². The molecule has 0 bridgehead atoms. The Hall–Kier alpha value is 1.32. The van der Waals surface area contributed by atoms with Crippen molar-refractivity contribution in [1.82, 2.24) is 0 Å². The molecule has 0 aliphatic heterocycles. The average Bonchev–Trinajstić information content (AvgIpc) is 2.44. The van der Waals surface area contributed by atoms with Crippen molar-refractivity contribution in [2.45, 2.75) is 27.9 Å². The van der Waals surface area contributed by atoms with Crippen LogP contribution in [0.15, 0.2) is 0 Å². The van der Waals surface area contributed by atoms with Crippen LogP contribution in [0, 0.1) is 44.6 Å². The van der Waals surface area contributed by atoms with E-state index in [1.807, 2.05) is 0 Å². The van der Waals surface area contributed by atoms with Crippen LogP contribution in [-0.2, 0) is 0 Å². The molecular weight excluding hydrogens is 229 g/mol. The SMILES string of the molecule is CCC1([CH](O)[Pr])CC1. The van der Waals surface area contributed by atoms with Gasteiger partial charge < -0.3 is 0 Å². The first-order valence-electron chi connectivity index (χ1n) is 3.15. The zero-order valence-corrected chi connectivity index (χ0v) is 8.93. The molecule has 1 atom stereocenters. The summed E-state index contributed by atoms with van der Waals surface area (Å²) < 4.78 is 0.0903. The van der Waals surface area contributed by atoms with E-state index in [4.69, 9.17) is 0 Å². The summed E-state index contributed by atoms with van der Waals surface area (Å²) in [6.07, 6.45) is 3.74. The summed E-state index contributed by atoms with van der Waals surface area (Å²) in [5, 5.41) is 9.22. The van der Waals surface area contributed by atoms with Crippen molar-refractivity contribution in [2.75, 3.05) is 0 Å². The second-order valence-electron chi connectivity index (χ2n) is 2.66. The van der Waals surface area contributed by atoms with Crippen molar-refractivity contribution >= 4 is 0 Å². The molecule has 0 spiro atoms. The van der Waals surface area contributed by atoms with Gasteiger partial charge in [-0.25, -0.2) is 0 Å². The third-order valence-corrected chi connectivity index (χ3v) is 4.49. The second-order valence-corrected chi connectivity index (χ2v) is 4.69. The van der Waals surface area contributed by atoms with E-state index in [0.29, 0.717) is 5.41 Å². The van der Waals surface area contributed by atoms with E-state index in [9.17, 15) is 5.11 Å². The Morgan fingerprint density at radius 3 is 2.25 bits per heavy atom. The van der Waals surface area contributed by atoms with Gasteiger partial charge in [-0.3, -0.25) is 0 Å². The molecule has 0 saturated heterocycles. The summed E-state index contributed by atoms with van der Waals surface area (Å²) in [6, 6.07) is 0. The molecule has 1 fully saturated rings. The van der Waals surface area contributed by atoms with Crippen LogP contribution in [0.1, 0.15) is 26.2 Å². The molecule has 2 heteroatoms. The summed E-state index contributed by atoms with van der Waals surface area (Å²) in [5.41, 5.74) is 0.421. The first-order valence-corrected chi connectivity index (χ1v) is 5.29. The van der Waals surface area contributed by atoms with Gasteiger partial charge in [0.2, 0.25) is 0 Å². The molecule has 1 saturated carbocycles. The van der Waals surface area contributed by atoms with Crippen molar-refractivity contribution in [3.63, 3.8) is 0 Å². The number of aliphatic hydroxyl groups excluding tert-OH is 1. The minimum atomic E-state index is 0.0903. The molecule has 1 unspecified atom stereocenters. The Bertz CT molecular complexity index is 86.5. The standard InChI is InChI=1S/C6H11O.Pr/c1-2-6(5-7)3-4-6;/h5,7H,2-4H2,1H3;. The van der Waals surface area contributed by atoms with Gasteiger partial charge >= 0.3 is 77.6 Å². The molecular formula is C6H11OPr. The van der Waals surface area contributed by atoms with Crippen molar-refractivity contribution in [1.29, 1.82) is 0 Å². The van der Waals surface area contributed by atoms with Gasteiger partial charge in [0.15, 0.2) is 0 Å². The molecule has 0 aromatic carbocycles. The fourth-order valence-corrected chi connectivity index (χ4v) is 2.84. The normalized spacial score (nSPS) is 27.1. The summed E-state index contributed by atoms with van der Waals surface area (Å²) in [7, 11) is 0. The summed E-state index contributed by atoms with van der Waals surface area (Å²) in [4.78, 5) is 0. The van der Waals surface area contributed by atoms with Gasteiger partial charge in [-0.15, -0.1) is 0 Å². The minimum absolute atomic E-state index is 0.0903. The quantitative estimate of drug-likeness (QED) is 0.764. The van der Waals surface area contributed by atoms with Crippen LogP contribution in [0.5, 0.6) is 0 Å². The Morgan fingerprint density at radius 1 is 1.75 bits per heavy atom. The predicted octanol–water partition coefficient (Wildman–Crippen LogP) is 1.04. The molecule has 0 aromatic rings. The molecule has 1 rings (SSSR count). The fraction of sp³-hybridized carbons (Fsp3) is 1.00. The number of rotatable bonds is 2. The van der Waals surface area contributed by atoms with Crippen molar-refractivity contribution < 1.29 is 44.3 Å². The Balaban J connectivity index is 2.41. The molecule has 0 radical (unpaired) electrons. The van der Waals surface area contributed by atoms with Crippen molar-refractivity contribution in [2.24, 2.45) is 5.41 Å². The zero-order valence-electron chi connectivity index (χ0n) is 5.22. The summed E-state index contributed by atoms with van der Waals surface area (Å²) in [6.45, 7) is 2.18. The van der Waals surface area contributed by atoms with Gasteiger partial charge in [0.25, 0.3) is 0 Å². The van der Waals surface area contributed by atoms with Crippen LogP contribution in [0.3, 0.4) is 0 Å². The van der Waals surface area contributed by atoms with Crippen LogP contribution in [0.4, 0.5) is 0 Å². The van der Waals surface area contributed by atoms with Gasteiger partial charge in [-0.1, -0.05) is 0 Å². The zero-order chi connectivity index (χ0) is 6.20. The predicted molar refractivity (Wildman–Crippen MR) is 28.0 cm³/mol. The first kappa shape index (κ1) is 7.43. The van der Waals surface area contributed by atoms with Crippen LogP contribution < -0.4 is 0 Å². The molecule has 0 heterocycles. The number of aliphatic hydroxyl groups is 1. The van der Waals surface area contributed by atoms with Crippen LogP contribution >= 0.6 is 0 Å². The fourth-order valence-electron chi connectivity index (χ4n) is 1.02. The van der Waals surface area contributed by atoms with Gasteiger partial charge in [-0.2, -0.15) is 0 Å². The molecule has 1 nitrogen and oxygen atoms in total. The third-order valence-electron chi connectivity index (χ3n) is 2.22. The first-order chi connectivity index (χ1) is 3.71. The van der Waals surface area contributed by atoms with Gasteiger partial charge in [-0.05, 0) is 0 Å². The Labute approximate surface area is 76.8 Å². The van der Waals surface area contributed by atoms with E-state index in [-0.39, 0.29) is 1.69 Å². The topological polar surface area (TPSA) is 20.2 Å². The van der Waals surface area contributed by atoms with Gasteiger partial charge in [0.05, 0.1) is 0 Å². The van der Waals surface area contributed by atoms with E-state index in [1.54, 1.807) is 0 Å². The Kier molecular flexibility index (Phi) is 2.34. The average molecular weight is 240 g/mol. The molecule has 44 valence electrons.